The predicted octanol–water partition coefficient (Wildman–Crippen LogP) is 2.94. The summed E-state index contributed by atoms with van der Waals surface area (Å²) in [7, 11) is 0. The first kappa shape index (κ1) is 12.0. The third-order valence-electron chi connectivity index (χ3n) is 2.32. The summed E-state index contributed by atoms with van der Waals surface area (Å²) < 4.78 is 31.1. The van der Waals surface area contributed by atoms with Gasteiger partial charge in [0.05, 0.1) is 5.57 Å². The minimum atomic E-state index is -2.88. The van der Waals surface area contributed by atoms with E-state index in [-0.39, 0.29) is 5.75 Å². The number of alkyl halides is 2. The first-order chi connectivity index (χ1) is 7.99. The van der Waals surface area contributed by atoms with Crippen molar-refractivity contribution in [2.24, 2.45) is 0 Å². The van der Waals surface area contributed by atoms with E-state index in [1.165, 1.54) is 12.1 Å². The van der Waals surface area contributed by atoms with E-state index in [1.807, 2.05) is 0 Å². The second-order valence-corrected chi connectivity index (χ2v) is 4.38. The third-order valence-corrected chi connectivity index (χ3v) is 2.81. The summed E-state index contributed by atoms with van der Waals surface area (Å²) in [4.78, 5) is 10.9. The number of halogens is 3. The minimum absolute atomic E-state index is 0.253. The van der Waals surface area contributed by atoms with E-state index in [1.54, 1.807) is 12.1 Å². The van der Waals surface area contributed by atoms with Gasteiger partial charge in [0.1, 0.15) is 5.75 Å². The Balaban J connectivity index is 2.50. The molecule has 0 spiro atoms. The van der Waals surface area contributed by atoms with Gasteiger partial charge >= 0.3 is 5.97 Å². The van der Waals surface area contributed by atoms with Crippen LogP contribution in [0.5, 0.6) is 5.75 Å². The first-order valence-corrected chi connectivity index (χ1v) is 5.47. The number of carboxylic acid groups (broad SMARTS) is 1. The molecule has 1 aliphatic rings. The Bertz CT molecular complexity index is 499. The van der Waals surface area contributed by atoms with Crippen molar-refractivity contribution in [3.8, 4) is 5.75 Å². The van der Waals surface area contributed by atoms with E-state index >= 15 is 0 Å². The van der Waals surface area contributed by atoms with Crippen LogP contribution in [0.2, 0.25) is 0 Å². The normalized spacial score (nSPS) is 18.4. The second kappa shape index (κ2) is 4.44. The Morgan fingerprint density at radius 2 is 2.18 bits per heavy atom. The maximum atomic E-state index is 12.7. The Morgan fingerprint density at radius 3 is 2.76 bits per heavy atom. The maximum absolute atomic E-state index is 12.7. The topological polar surface area (TPSA) is 46.5 Å². The summed E-state index contributed by atoms with van der Waals surface area (Å²) in [6.07, 6.45) is -3.39. The summed E-state index contributed by atoms with van der Waals surface area (Å²) in [5, 5.41) is 8.86. The van der Waals surface area contributed by atoms with Gasteiger partial charge in [-0.15, -0.1) is 0 Å². The molecule has 1 N–H and O–H groups in total. The lowest BCUT2D eigenvalue weighted by molar-refractivity contribution is -0.134. The van der Waals surface area contributed by atoms with Crippen LogP contribution in [-0.2, 0) is 4.79 Å². The number of carboxylic acids is 1. The van der Waals surface area contributed by atoms with Crippen molar-refractivity contribution in [2.45, 2.75) is 12.5 Å². The van der Waals surface area contributed by atoms with Crippen LogP contribution in [0.4, 0.5) is 8.78 Å². The Hall–Kier alpha value is -1.43. The van der Waals surface area contributed by atoms with Crippen LogP contribution in [0, 0.1) is 0 Å². The van der Waals surface area contributed by atoms with E-state index in [2.05, 4.69) is 15.9 Å². The molecule has 1 atom stereocenters. The fourth-order valence-electron chi connectivity index (χ4n) is 1.56. The molecule has 90 valence electrons. The summed E-state index contributed by atoms with van der Waals surface area (Å²) in [5.74, 6) is -1.15. The molecule has 0 aromatic heterocycles. The molecule has 1 aromatic rings. The number of benzene rings is 1. The lowest BCUT2D eigenvalue weighted by atomic mass is 10.0. The second-order valence-electron chi connectivity index (χ2n) is 3.46. The van der Waals surface area contributed by atoms with Crippen LogP contribution < -0.4 is 4.74 Å². The molecule has 3 nitrogen and oxygen atoms in total. The Kier molecular flexibility index (Phi) is 3.15. The number of hydrogen-bond acceptors (Lipinski definition) is 2. The zero-order valence-corrected chi connectivity index (χ0v) is 9.95. The first-order valence-electron chi connectivity index (χ1n) is 4.68. The zero-order valence-electron chi connectivity index (χ0n) is 8.36. The summed E-state index contributed by atoms with van der Waals surface area (Å²) in [6.45, 7) is 0. The van der Waals surface area contributed by atoms with Crippen molar-refractivity contribution >= 4 is 28.0 Å². The number of rotatable bonds is 2. The molecular weight excluding hydrogens is 298 g/mol. The van der Waals surface area contributed by atoms with Crippen LogP contribution in [0.15, 0.2) is 28.2 Å². The molecule has 0 bridgehead atoms. The predicted molar refractivity (Wildman–Crippen MR) is 60.2 cm³/mol. The minimum Gasteiger partial charge on any atom is -0.479 e. The maximum Gasteiger partial charge on any atom is 0.335 e. The number of aliphatic carboxylic acids is 1. The Morgan fingerprint density at radius 1 is 1.47 bits per heavy atom. The number of ether oxygens (including phenoxy) is 1. The third kappa shape index (κ3) is 2.31. The average Bonchev–Trinajstić information content (AvgIpc) is 2.26. The van der Waals surface area contributed by atoms with Crippen LogP contribution in [0.3, 0.4) is 0 Å². The Labute approximate surface area is 104 Å². The number of fused-ring (bicyclic) bond motifs is 1. The molecule has 17 heavy (non-hydrogen) atoms. The molecule has 0 radical (unpaired) electrons. The van der Waals surface area contributed by atoms with E-state index in [0.29, 0.717) is 5.56 Å². The molecule has 0 fully saturated rings. The molecule has 1 heterocycles. The molecule has 1 aliphatic heterocycles. The smallest absolute Gasteiger partial charge is 0.335 e. The van der Waals surface area contributed by atoms with Gasteiger partial charge in [-0.25, -0.2) is 13.6 Å². The van der Waals surface area contributed by atoms with Gasteiger partial charge in [-0.05, 0) is 24.3 Å². The highest BCUT2D eigenvalue weighted by Crippen LogP contribution is 2.33. The van der Waals surface area contributed by atoms with E-state index < -0.39 is 24.1 Å². The number of carbonyl (C=O) groups is 1. The van der Waals surface area contributed by atoms with Crippen LogP contribution in [-0.4, -0.2) is 23.6 Å². The highest BCUT2D eigenvalue weighted by molar-refractivity contribution is 9.10. The largest absolute Gasteiger partial charge is 0.479 e. The van der Waals surface area contributed by atoms with Crippen molar-refractivity contribution in [1.29, 1.82) is 0 Å². The molecule has 0 saturated carbocycles. The average molecular weight is 305 g/mol. The van der Waals surface area contributed by atoms with Crippen molar-refractivity contribution in [3.63, 3.8) is 0 Å². The van der Waals surface area contributed by atoms with Gasteiger partial charge in [0.15, 0.2) is 6.10 Å². The van der Waals surface area contributed by atoms with Gasteiger partial charge < -0.3 is 9.84 Å². The molecule has 1 aromatic carbocycles. The van der Waals surface area contributed by atoms with Gasteiger partial charge in [-0.2, -0.15) is 0 Å². The van der Waals surface area contributed by atoms with Crippen molar-refractivity contribution in [3.05, 3.63) is 33.8 Å². The fourth-order valence-corrected chi connectivity index (χ4v) is 1.94. The van der Waals surface area contributed by atoms with Gasteiger partial charge in [-0.1, -0.05) is 15.9 Å². The molecule has 0 amide bonds. The van der Waals surface area contributed by atoms with Crippen molar-refractivity contribution in [2.75, 3.05) is 0 Å². The quantitative estimate of drug-likeness (QED) is 0.914. The lowest BCUT2D eigenvalue weighted by Gasteiger charge is -2.24. The standard InChI is InChI=1S/C11H7BrF2O3/c12-6-1-2-8-5(3-6)4-7(11(15)16)9(17-8)10(13)14/h1-4,9-10H,(H,15,16). The SMILES string of the molecule is O=C(O)C1=Cc2cc(Br)ccc2OC1C(F)F. The molecule has 1 unspecified atom stereocenters. The van der Waals surface area contributed by atoms with Crippen molar-refractivity contribution in [1.82, 2.24) is 0 Å². The van der Waals surface area contributed by atoms with E-state index in [9.17, 15) is 13.6 Å². The van der Waals surface area contributed by atoms with E-state index in [0.717, 1.165) is 4.47 Å². The van der Waals surface area contributed by atoms with Gasteiger partial charge in [0.2, 0.25) is 0 Å². The van der Waals surface area contributed by atoms with Gasteiger partial charge in [0, 0.05) is 10.0 Å². The molecule has 2 rings (SSSR count). The highest BCUT2D eigenvalue weighted by Gasteiger charge is 2.34. The zero-order chi connectivity index (χ0) is 12.6. The van der Waals surface area contributed by atoms with Crippen LogP contribution in [0.1, 0.15) is 5.56 Å². The molecular formula is C11H7BrF2O3. The van der Waals surface area contributed by atoms with Gasteiger partial charge in [0.25, 0.3) is 6.43 Å². The lowest BCUT2D eigenvalue weighted by Crippen LogP contribution is -2.33. The van der Waals surface area contributed by atoms with Gasteiger partial charge in [-0.3, -0.25) is 0 Å². The molecule has 0 aliphatic carbocycles. The van der Waals surface area contributed by atoms with E-state index in [4.69, 9.17) is 9.84 Å². The van der Waals surface area contributed by atoms with Crippen LogP contribution in [0.25, 0.3) is 6.08 Å². The fraction of sp³-hybridized carbons (Fsp3) is 0.182. The summed E-state index contributed by atoms with van der Waals surface area (Å²) in [5.41, 5.74) is 0.0271. The van der Waals surface area contributed by atoms with Crippen LogP contribution >= 0.6 is 15.9 Å². The molecule has 6 heteroatoms. The highest BCUT2D eigenvalue weighted by atomic mass is 79.9. The molecule has 0 saturated heterocycles. The summed E-state index contributed by atoms with van der Waals surface area (Å²) >= 11 is 3.21. The number of hydrogen-bond donors (Lipinski definition) is 1. The van der Waals surface area contributed by atoms with Crippen molar-refractivity contribution < 1.29 is 23.4 Å². The summed E-state index contributed by atoms with van der Waals surface area (Å²) in [6, 6.07) is 4.77. The monoisotopic (exact) mass is 304 g/mol.